The van der Waals surface area contributed by atoms with Gasteiger partial charge in [-0.25, -0.2) is 0 Å². The molecule has 0 aliphatic heterocycles. The topological polar surface area (TPSA) is 69.7 Å². The highest BCUT2D eigenvalue weighted by molar-refractivity contribution is 5.94. The third-order valence-electron chi connectivity index (χ3n) is 3.71. The summed E-state index contributed by atoms with van der Waals surface area (Å²) in [7, 11) is 2.57. The predicted molar refractivity (Wildman–Crippen MR) is 52.2 cm³/mol. The van der Waals surface area contributed by atoms with Crippen molar-refractivity contribution in [3.05, 3.63) is 0 Å². The number of carbonyl (C=O) groups is 3. The fraction of sp³-hybridized carbons (Fsp3) is 0.727. The monoisotopic (exact) mass is 226 g/mol. The van der Waals surface area contributed by atoms with E-state index in [4.69, 9.17) is 0 Å². The molecule has 0 saturated heterocycles. The van der Waals surface area contributed by atoms with Crippen molar-refractivity contribution in [1.82, 2.24) is 0 Å². The number of hydrogen-bond donors (Lipinski definition) is 0. The Morgan fingerprint density at radius 3 is 2.25 bits per heavy atom. The summed E-state index contributed by atoms with van der Waals surface area (Å²) < 4.78 is 9.35. The third-order valence-corrected chi connectivity index (χ3v) is 3.71. The molecule has 5 nitrogen and oxygen atoms in total. The lowest BCUT2D eigenvalue weighted by molar-refractivity contribution is -0.161. The van der Waals surface area contributed by atoms with Crippen LogP contribution in [-0.2, 0) is 23.9 Å². The first-order chi connectivity index (χ1) is 7.60. The van der Waals surface area contributed by atoms with E-state index in [1.807, 2.05) is 0 Å². The number of ether oxygens (including phenoxy) is 2. The van der Waals surface area contributed by atoms with Crippen LogP contribution in [0.1, 0.15) is 12.8 Å². The van der Waals surface area contributed by atoms with E-state index in [1.165, 1.54) is 14.2 Å². The molecule has 2 saturated carbocycles. The zero-order valence-corrected chi connectivity index (χ0v) is 9.26. The van der Waals surface area contributed by atoms with Crippen LogP contribution in [0.2, 0.25) is 0 Å². The summed E-state index contributed by atoms with van der Waals surface area (Å²) in [5.41, 5.74) is 0. The Morgan fingerprint density at radius 2 is 1.69 bits per heavy atom. The van der Waals surface area contributed by atoms with Gasteiger partial charge in [0.15, 0.2) is 0 Å². The summed E-state index contributed by atoms with van der Waals surface area (Å²) in [5.74, 6) is -2.34. The van der Waals surface area contributed by atoms with E-state index in [0.29, 0.717) is 12.8 Å². The van der Waals surface area contributed by atoms with E-state index in [0.717, 1.165) is 0 Å². The van der Waals surface area contributed by atoms with Crippen molar-refractivity contribution in [2.75, 3.05) is 14.2 Å². The molecule has 2 rings (SSSR count). The molecule has 2 aliphatic carbocycles. The minimum Gasteiger partial charge on any atom is -0.469 e. The number of Topliss-reactive ketones (excluding diaryl/α,β-unsaturated/α-hetero) is 1. The summed E-state index contributed by atoms with van der Waals surface area (Å²) in [4.78, 5) is 34.8. The molecule has 0 radical (unpaired) electrons. The van der Waals surface area contributed by atoms with Crippen molar-refractivity contribution in [1.29, 1.82) is 0 Å². The molecule has 0 aromatic heterocycles. The van der Waals surface area contributed by atoms with Gasteiger partial charge >= 0.3 is 11.9 Å². The van der Waals surface area contributed by atoms with Gasteiger partial charge < -0.3 is 9.47 Å². The van der Waals surface area contributed by atoms with Crippen LogP contribution in [0.4, 0.5) is 0 Å². The number of carbonyl (C=O) groups excluding carboxylic acids is 3. The third kappa shape index (κ3) is 1.42. The van der Waals surface area contributed by atoms with Gasteiger partial charge in [-0.15, -0.1) is 0 Å². The van der Waals surface area contributed by atoms with Crippen LogP contribution in [0.5, 0.6) is 0 Å². The van der Waals surface area contributed by atoms with Gasteiger partial charge in [0.2, 0.25) is 0 Å². The maximum atomic E-state index is 11.6. The van der Waals surface area contributed by atoms with Crippen LogP contribution in [0, 0.1) is 23.7 Å². The van der Waals surface area contributed by atoms with Gasteiger partial charge in [-0.1, -0.05) is 0 Å². The molecule has 0 unspecified atom stereocenters. The first kappa shape index (κ1) is 11.1. The fourth-order valence-electron chi connectivity index (χ4n) is 3.04. The summed E-state index contributed by atoms with van der Waals surface area (Å²) >= 11 is 0. The minimum atomic E-state index is -0.635. The lowest BCUT2D eigenvalue weighted by atomic mass is 9.78. The smallest absolute Gasteiger partial charge is 0.310 e. The average molecular weight is 226 g/mol. The molecule has 16 heavy (non-hydrogen) atoms. The van der Waals surface area contributed by atoms with Crippen molar-refractivity contribution >= 4 is 17.7 Å². The maximum Gasteiger partial charge on any atom is 0.310 e. The van der Waals surface area contributed by atoms with Gasteiger partial charge in [-0.05, 0) is 12.3 Å². The van der Waals surface area contributed by atoms with E-state index >= 15 is 0 Å². The van der Waals surface area contributed by atoms with E-state index in [2.05, 4.69) is 9.47 Å². The molecule has 0 spiro atoms. The molecule has 88 valence electrons. The van der Waals surface area contributed by atoms with Gasteiger partial charge in [0.25, 0.3) is 0 Å². The van der Waals surface area contributed by atoms with Crippen LogP contribution >= 0.6 is 0 Å². The van der Waals surface area contributed by atoms with E-state index in [-0.39, 0.29) is 17.6 Å². The molecule has 0 aromatic carbocycles. The summed E-state index contributed by atoms with van der Waals surface area (Å²) in [6.45, 7) is 0. The summed E-state index contributed by atoms with van der Waals surface area (Å²) in [6, 6.07) is 0. The van der Waals surface area contributed by atoms with Crippen molar-refractivity contribution in [2.45, 2.75) is 12.8 Å². The van der Waals surface area contributed by atoms with Crippen LogP contribution in [0.3, 0.4) is 0 Å². The Labute approximate surface area is 93.1 Å². The van der Waals surface area contributed by atoms with Crippen molar-refractivity contribution in [3.8, 4) is 0 Å². The number of ketones is 1. The second-order valence-electron chi connectivity index (χ2n) is 4.37. The van der Waals surface area contributed by atoms with Gasteiger partial charge in [0, 0.05) is 12.3 Å². The van der Waals surface area contributed by atoms with Gasteiger partial charge in [-0.2, -0.15) is 0 Å². The first-order valence-electron chi connectivity index (χ1n) is 5.28. The number of esters is 2. The van der Waals surface area contributed by atoms with Crippen molar-refractivity contribution in [3.63, 3.8) is 0 Å². The fourth-order valence-corrected chi connectivity index (χ4v) is 3.04. The lowest BCUT2D eigenvalue weighted by Gasteiger charge is -2.25. The minimum absolute atomic E-state index is 0.0472. The molecule has 0 N–H and O–H groups in total. The Balaban J connectivity index is 2.27. The van der Waals surface area contributed by atoms with E-state index < -0.39 is 23.8 Å². The first-order valence-corrected chi connectivity index (χ1v) is 5.28. The van der Waals surface area contributed by atoms with Gasteiger partial charge in [0.1, 0.15) is 5.78 Å². The highest BCUT2D eigenvalue weighted by Crippen LogP contribution is 2.51. The van der Waals surface area contributed by atoms with Crippen molar-refractivity contribution < 1.29 is 23.9 Å². The number of methoxy groups -OCH3 is 2. The molecule has 4 atom stereocenters. The van der Waals surface area contributed by atoms with Crippen LogP contribution in [0.15, 0.2) is 0 Å². The highest BCUT2D eigenvalue weighted by atomic mass is 16.5. The Kier molecular flexibility index (Phi) is 2.69. The lowest BCUT2D eigenvalue weighted by Crippen LogP contribution is -2.39. The van der Waals surface area contributed by atoms with Crippen LogP contribution < -0.4 is 0 Å². The largest absolute Gasteiger partial charge is 0.469 e. The molecule has 0 amide bonds. The molecule has 0 aromatic rings. The van der Waals surface area contributed by atoms with Gasteiger partial charge in [-0.3, -0.25) is 14.4 Å². The van der Waals surface area contributed by atoms with Crippen LogP contribution in [0.25, 0.3) is 0 Å². The number of hydrogen-bond acceptors (Lipinski definition) is 5. The molecule has 5 heteroatoms. The maximum absolute atomic E-state index is 11.6. The standard InChI is InChI=1S/C11H14O5/c1-15-10(13)8-5-3-6(7(12)4-5)9(8)11(14)16-2/h5-6,8-9H,3-4H2,1-2H3/t5-,6+,8-,9-/m0/s1. The van der Waals surface area contributed by atoms with E-state index in [1.54, 1.807) is 0 Å². The molecule has 2 aliphatic rings. The SMILES string of the molecule is COC(=O)[C@@H]1[C@@H](C(=O)OC)[C@@H]2CC(=O)[C@H]1C2. The summed E-state index contributed by atoms with van der Waals surface area (Å²) in [6.07, 6.45) is 0.996. The van der Waals surface area contributed by atoms with E-state index in [9.17, 15) is 14.4 Å². The number of fused-ring (bicyclic) bond motifs is 2. The molecule has 2 fully saturated rings. The summed E-state index contributed by atoms with van der Waals surface area (Å²) in [5, 5.41) is 0. The molecular formula is C11H14O5. The normalized spacial score (nSPS) is 36.2. The zero-order valence-electron chi connectivity index (χ0n) is 9.26. The Bertz CT molecular complexity index is 348. The molecule has 2 bridgehead atoms. The highest BCUT2D eigenvalue weighted by Gasteiger charge is 2.58. The molecular weight excluding hydrogens is 212 g/mol. The Morgan fingerprint density at radius 1 is 1.12 bits per heavy atom. The second-order valence-corrected chi connectivity index (χ2v) is 4.37. The predicted octanol–water partition coefficient (Wildman–Crippen LogP) is 0.174. The number of rotatable bonds is 2. The van der Waals surface area contributed by atoms with Crippen molar-refractivity contribution in [2.24, 2.45) is 23.7 Å². The Hall–Kier alpha value is -1.39. The quantitative estimate of drug-likeness (QED) is 0.628. The molecule has 0 heterocycles. The van der Waals surface area contributed by atoms with Crippen LogP contribution in [-0.4, -0.2) is 31.9 Å². The second kappa shape index (κ2) is 3.88. The zero-order chi connectivity index (χ0) is 11.9. The average Bonchev–Trinajstić information content (AvgIpc) is 2.82. The van der Waals surface area contributed by atoms with Gasteiger partial charge in [0.05, 0.1) is 26.1 Å².